The topological polar surface area (TPSA) is 76.5 Å². The molecule has 0 aliphatic heterocycles. The molecule has 2 rings (SSSR count). The van der Waals surface area contributed by atoms with Crippen LogP contribution in [0.25, 0.3) is 0 Å². The first kappa shape index (κ1) is 10.9. The van der Waals surface area contributed by atoms with Crippen molar-refractivity contribution >= 4 is 12.1 Å². The van der Waals surface area contributed by atoms with Gasteiger partial charge in [0, 0.05) is 18.6 Å². The Morgan fingerprint density at radius 3 is 2.65 bits per heavy atom. The number of hydrogen-bond acceptors (Lipinski definition) is 4. The van der Waals surface area contributed by atoms with Crippen LogP contribution in [0.15, 0.2) is 59.1 Å². The van der Waals surface area contributed by atoms with Crippen molar-refractivity contribution in [2.24, 2.45) is 15.9 Å². The van der Waals surface area contributed by atoms with Gasteiger partial charge < -0.3 is 5.73 Å². The van der Waals surface area contributed by atoms with Crippen molar-refractivity contribution in [1.29, 1.82) is 0 Å². The van der Waals surface area contributed by atoms with E-state index in [1.807, 2.05) is 24.3 Å². The lowest BCUT2D eigenvalue weighted by atomic mass is 10.3. The van der Waals surface area contributed by atoms with Gasteiger partial charge in [-0.25, -0.2) is 0 Å². The number of hydrogen-bond donors (Lipinski definition) is 1. The molecule has 0 aliphatic rings. The van der Waals surface area contributed by atoms with E-state index in [-0.39, 0.29) is 5.84 Å². The van der Waals surface area contributed by atoms with Gasteiger partial charge in [-0.2, -0.15) is 5.10 Å². The van der Waals surface area contributed by atoms with E-state index in [4.69, 9.17) is 5.73 Å². The third kappa shape index (κ3) is 3.20. The first-order valence-corrected chi connectivity index (χ1v) is 5.04. The molecule has 17 heavy (non-hydrogen) atoms. The molecule has 0 fully saturated rings. The highest BCUT2D eigenvalue weighted by atomic mass is 15.2. The van der Waals surface area contributed by atoms with Crippen LogP contribution in [-0.2, 0) is 0 Å². The minimum atomic E-state index is 0.288. The number of amidine groups is 1. The summed E-state index contributed by atoms with van der Waals surface area (Å²) in [5, 5.41) is 7.76. The highest BCUT2D eigenvalue weighted by Crippen LogP contribution is 1.94. The molecule has 2 N–H and O–H groups in total. The molecule has 0 aromatic carbocycles. The van der Waals surface area contributed by atoms with Gasteiger partial charge in [-0.05, 0) is 29.8 Å². The first-order chi connectivity index (χ1) is 8.36. The summed E-state index contributed by atoms with van der Waals surface area (Å²) in [6.07, 6.45) is 6.64. The Hall–Kier alpha value is -2.56. The van der Waals surface area contributed by atoms with Crippen LogP contribution >= 0.6 is 0 Å². The Kier molecular flexibility index (Phi) is 3.54. The number of nitrogens with two attached hydrogens (primary N) is 1. The van der Waals surface area contributed by atoms with Gasteiger partial charge in [-0.3, -0.25) is 9.97 Å². The summed E-state index contributed by atoms with van der Waals surface area (Å²) in [6, 6.07) is 9.10. The van der Waals surface area contributed by atoms with Gasteiger partial charge in [-0.15, -0.1) is 5.10 Å². The van der Waals surface area contributed by atoms with E-state index in [9.17, 15) is 0 Å². The lowest BCUT2D eigenvalue weighted by Crippen LogP contribution is -2.14. The second-order valence-electron chi connectivity index (χ2n) is 3.23. The summed E-state index contributed by atoms with van der Waals surface area (Å²) in [5.74, 6) is 0.288. The van der Waals surface area contributed by atoms with Gasteiger partial charge in [-0.1, -0.05) is 6.07 Å². The maximum Gasteiger partial charge on any atom is 0.171 e. The van der Waals surface area contributed by atoms with Crippen LogP contribution < -0.4 is 5.73 Å². The fraction of sp³-hybridized carbons (Fsp3) is 0. The van der Waals surface area contributed by atoms with Crippen molar-refractivity contribution in [3.05, 3.63) is 60.2 Å². The minimum absolute atomic E-state index is 0.288. The molecule has 0 unspecified atom stereocenters. The predicted molar refractivity (Wildman–Crippen MR) is 66.8 cm³/mol. The summed E-state index contributed by atoms with van der Waals surface area (Å²) >= 11 is 0. The summed E-state index contributed by atoms with van der Waals surface area (Å²) in [4.78, 5) is 7.97. The maximum absolute atomic E-state index is 5.72. The number of nitrogens with zero attached hydrogens (tertiary/aromatic N) is 4. The molecule has 0 amide bonds. The zero-order valence-electron chi connectivity index (χ0n) is 9.06. The van der Waals surface area contributed by atoms with Crippen molar-refractivity contribution in [3.63, 3.8) is 0 Å². The van der Waals surface area contributed by atoms with Gasteiger partial charge in [0.25, 0.3) is 0 Å². The molecule has 0 saturated heterocycles. The molecule has 5 nitrogen and oxygen atoms in total. The van der Waals surface area contributed by atoms with E-state index in [2.05, 4.69) is 20.2 Å². The Labute approximate surface area is 98.8 Å². The second-order valence-corrected chi connectivity index (χ2v) is 3.23. The van der Waals surface area contributed by atoms with Crippen LogP contribution in [0.4, 0.5) is 0 Å². The largest absolute Gasteiger partial charge is 0.380 e. The number of rotatable bonds is 3. The second kappa shape index (κ2) is 5.50. The lowest BCUT2D eigenvalue weighted by Gasteiger charge is -1.95. The Bertz CT molecular complexity index is 519. The molecule has 84 valence electrons. The predicted octanol–water partition coefficient (Wildman–Crippen LogP) is 1.22. The summed E-state index contributed by atoms with van der Waals surface area (Å²) in [6.45, 7) is 0. The smallest absolute Gasteiger partial charge is 0.171 e. The van der Waals surface area contributed by atoms with Crippen LogP contribution in [0, 0.1) is 0 Å². The van der Waals surface area contributed by atoms with Crippen molar-refractivity contribution in [3.8, 4) is 0 Å². The van der Waals surface area contributed by atoms with Crippen LogP contribution in [0.2, 0.25) is 0 Å². The zero-order valence-corrected chi connectivity index (χ0v) is 9.06. The third-order valence-electron chi connectivity index (χ3n) is 2.01. The molecule has 2 aromatic heterocycles. The van der Waals surface area contributed by atoms with E-state index in [0.29, 0.717) is 5.69 Å². The average Bonchev–Trinajstić information content (AvgIpc) is 2.41. The van der Waals surface area contributed by atoms with Crippen molar-refractivity contribution < 1.29 is 0 Å². The fourth-order valence-electron chi connectivity index (χ4n) is 1.17. The molecular weight excluding hydrogens is 214 g/mol. The zero-order chi connectivity index (χ0) is 11.9. The molecule has 2 aromatic rings. The van der Waals surface area contributed by atoms with E-state index >= 15 is 0 Å². The summed E-state index contributed by atoms with van der Waals surface area (Å²) < 4.78 is 0. The Morgan fingerprint density at radius 2 is 1.94 bits per heavy atom. The molecular formula is C12H11N5. The Balaban J connectivity index is 2.09. The highest BCUT2D eigenvalue weighted by Gasteiger charge is 1.96. The SMILES string of the molecule is N/C(=N\N=Cc1ccncc1)c1ccccn1. The van der Waals surface area contributed by atoms with Crippen LogP contribution in [0.5, 0.6) is 0 Å². The third-order valence-corrected chi connectivity index (χ3v) is 2.01. The quantitative estimate of drug-likeness (QED) is 0.484. The highest BCUT2D eigenvalue weighted by molar-refractivity contribution is 5.95. The van der Waals surface area contributed by atoms with Crippen LogP contribution in [0.3, 0.4) is 0 Å². The summed E-state index contributed by atoms with van der Waals surface area (Å²) in [7, 11) is 0. The van der Waals surface area contributed by atoms with Crippen LogP contribution in [-0.4, -0.2) is 22.0 Å². The van der Waals surface area contributed by atoms with Gasteiger partial charge in [0.05, 0.1) is 6.21 Å². The van der Waals surface area contributed by atoms with Crippen molar-refractivity contribution in [2.75, 3.05) is 0 Å². The van der Waals surface area contributed by atoms with E-state index in [0.717, 1.165) is 5.56 Å². The molecule has 2 heterocycles. The fourth-order valence-corrected chi connectivity index (χ4v) is 1.17. The molecule has 0 radical (unpaired) electrons. The average molecular weight is 225 g/mol. The van der Waals surface area contributed by atoms with E-state index in [1.54, 1.807) is 30.9 Å². The molecule has 0 spiro atoms. The van der Waals surface area contributed by atoms with Gasteiger partial charge in [0.15, 0.2) is 5.84 Å². The molecule has 0 atom stereocenters. The summed E-state index contributed by atoms with van der Waals surface area (Å²) in [5.41, 5.74) is 7.25. The molecule has 0 bridgehead atoms. The van der Waals surface area contributed by atoms with Gasteiger partial charge in [0.2, 0.25) is 0 Å². The van der Waals surface area contributed by atoms with E-state index in [1.165, 1.54) is 0 Å². The van der Waals surface area contributed by atoms with Gasteiger partial charge in [0.1, 0.15) is 5.69 Å². The number of pyridine rings is 2. The van der Waals surface area contributed by atoms with Crippen molar-refractivity contribution in [2.45, 2.75) is 0 Å². The number of aromatic nitrogens is 2. The van der Waals surface area contributed by atoms with Gasteiger partial charge >= 0.3 is 0 Å². The molecule has 5 heteroatoms. The lowest BCUT2D eigenvalue weighted by molar-refractivity contribution is 1.19. The standard InChI is InChI=1S/C12H11N5/c13-12(11-3-1-2-6-15-11)17-16-9-10-4-7-14-8-5-10/h1-9H,(H2,13,17). The minimum Gasteiger partial charge on any atom is -0.380 e. The monoisotopic (exact) mass is 225 g/mol. The molecule has 0 saturated carbocycles. The Morgan fingerprint density at radius 1 is 1.12 bits per heavy atom. The van der Waals surface area contributed by atoms with Crippen LogP contribution in [0.1, 0.15) is 11.3 Å². The normalized spacial score (nSPS) is 11.9. The van der Waals surface area contributed by atoms with E-state index < -0.39 is 0 Å². The maximum atomic E-state index is 5.72. The van der Waals surface area contributed by atoms with Crippen molar-refractivity contribution in [1.82, 2.24) is 9.97 Å². The first-order valence-electron chi connectivity index (χ1n) is 5.04. The molecule has 0 aliphatic carbocycles.